The van der Waals surface area contributed by atoms with Crippen LogP contribution in [0.1, 0.15) is 33.8 Å². The van der Waals surface area contributed by atoms with Crippen molar-refractivity contribution >= 4 is 40.6 Å². The molecule has 0 aliphatic rings. The smallest absolute Gasteiger partial charge is 0.211 e. The van der Waals surface area contributed by atoms with Crippen LogP contribution in [-0.2, 0) is 0 Å². The average Bonchev–Trinajstić information content (AvgIpc) is 2.52. The van der Waals surface area contributed by atoms with Gasteiger partial charge >= 0.3 is 0 Å². The monoisotopic (exact) mass is 385 g/mol. The van der Waals surface area contributed by atoms with Crippen LogP contribution in [0.2, 0.25) is 15.1 Å². The average molecular weight is 387 g/mol. The largest absolute Gasteiger partial charge is 0.294 e. The van der Waals surface area contributed by atoms with Gasteiger partial charge in [0.05, 0.1) is 21.0 Å². The topological polar surface area (TPSA) is 60.2 Å². The van der Waals surface area contributed by atoms with E-state index in [9.17, 15) is 14.9 Å². The van der Waals surface area contributed by atoms with Gasteiger partial charge in [0, 0.05) is 16.9 Å². The lowest BCUT2D eigenvalue weighted by molar-refractivity contribution is -0.483. The van der Waals surface area contributed by atoms with E-state index in [0.29, 0.717) is 0 Å². The standard InChI is InChI=1S/C17H14Cl3NO3/c1-10-2-4-11(5-3-10)12(9-21(23)24)8-15(22)13-6-7-14(18)17(20)16(13)19/h2-7,12H,8-9H2,1H3/t12-/m1/s1. The van der Waals surface area contributed by atoms with Crippen molar-refractivity contribution in [1.82, 2.24) is 0 Å². The fraction of sp³-hybridized carbons (Fsp3) is 0.235. The molecule has 0 bridgehead atoms. The van der Waals surface area contributed by atoms with E-state index in [0.717, 1.165) is 11.1 Å². The molecule has 0 amide bonds. The summed E-state index contributed by atoms with van der Waals surface area (Å²) in [5.74, 6) is -0.857. The SMILES string of the molecule is Cc1ccc([C@H](CC(=O)c2ccc(Cl)c(Cl)c2Cl)C[N+](=O)[O-])cc1. The highest BCUT2D eigenvalue weighted by atomic mass is 35.5. The summed E-state index contributed by atoms with van der Waals surface area (Å²) in [4.78, 5) is 23.1. The highest BCUT2D eigenvalue weighted by Gasteiger charge is 2.24. The Morgan fingerprint density at radius 1 is 1.08 bits per heavy atom. The molecule has 2 aromatic rings. The molecule has 4 nitrogen and oxygen atoms in total. The van der Waals surface area contributed by atoms with E-state index in [2.05, 4.69) is 0 Å². The number of rotatable bonds is 6. The van der Waals surface area contributed by atoms with Crippen LogP contribution < -0.4 is 0 Å². The molecule has 0 aromatic heterocycles. The van der Waals surface area contributed by atoms with Crippen molar-refractivity contribution in [3.8, 4) is 0 Å². The minimum Gasteiger partial charge on any atom is -0.294 e. The maximum Gasteiger partial charge on any atom is 0.211 e. The fourth-order valence-electron chi connectivity index (χ4n) is 2.38. The van der Waals surface area contributed by atoms with Crippen LogP contribution in [0.25, 0.3) is 0 Å². The van der Waals surface area contributed by atoms with E-state index in [-0.39, 0.29) is 39.4 Å². The lowest BCUT2D eigenvalue weighted by atomic mass is 9.91. The van der Waals surface area contributed by atoms with Crippen LogP contribution in [0, 0.1) is 17.0 Å². The number of carbonyl (C=O) groups is 1. The van der Waals surface area contributed by atoms with Crippen molar-refractivity contribution in [3.05, 3.63) is 78.3 Å². The Morgan fingerprint density at radius 2 is 1.71 bits per heavy atom. The second-order valence-electron chi connectivity index (χ2n) is 5.47. The third-order valence-electron chi connectivity index (χ3n) is 3.69. The molecule has 2 aromatic carbocycles. The van der Waals surface area contributed by atoms with Gasteiger partial charge in [-0.2, -0.15) is 0 Å². The predicted molar refractivity (Wildman–Crippen MR) is 96.2 cm³/mol. The lowest BCUT2D eigenvalue weighted by Crippen LogP contribution is -2.17. The van der Waals surface area contributed by atoms with Crippen LogP contribution in [0.4, 0.5) is 0 Å². The molecule has 0 heterocycles. The molecule has 24 heavy (non-hydrogen) atoms. The van der Waals surface area contributed by atoms with E-state index in [1.54, 1.807) is 12.1 Å². The summed E-state index contributed by atoms with van der Waals surface area (Å²) in [5.41, 5.74) is 1.99. The molecule has 0 N–H and O–H groups in total. The normalized spacial score (nSPS) is 12.0. The molecule has 126 valence electrons. The zero-order valence-electron chi connectivity index (χ0n) is 12.8. The van der Waals surface area contributed by atoms with Gasteiger partial charge in [-0.05, 0) is 24.6 Å². The molecule has 0 saturated heterocycles. The van der Waals surface area contributed by atoms with Crippen molar-refractivity contribution in [2.24, 2.45) is 0 Å². The minimum absolute atomic E-state index is 0.0400. The Balaban J connectivity index is 2.29. The van der Waals surface area contributed by atoms with Crippen molar-refractivity contribution in [2.45, 2.75) is 19.3 Å². The summed E-state index contributed by atoms with van der Waals surface area (Å²) in [6.07, 6.45) is -0.0400. The van der Waals surface area contributed by atoms with Crippen molar-refractivity contribution < 1.29 is 9.72 Å². The number of aryl methyl sites for hydroxylation is 1. The van der Waals surface area contributed by atoms with Crippen LogP contribution in [0.15, 0.2) is 36.4 Å². The molecule has 0 aliphatic carbocycles. The second kappa shape index (κ2) is 7.97. The zero-order valence-corrected chi connectivity index (χ0v) is 15.0. The molecule has 2 rings (SSSR count). The number of nitrogens with zero attached hydrogens (tertiary/aromatic N) is 1. The van der Waals surface area contributed by atoms with Gasteiger partial charge in [0.1, 0.15) is 0 Å². The third kappa shape index (κ3) is 4.47. The summed E-state index contributed by atoms with van der Waals surface area (Å²) < 4.78 is 0. The Morgan fingerprint density at radius 3 is 2.29 bits per heavy atom. The van der Waals surface area contributed by atoms with Crippen LogP contribution >= 0.6 is 34.8 Å². The molecule has 0 spiro atoms. The number of benzene rings is 2. The van der Waals surface area contributed by atoms with Crippen molar-refractivity contribution in [3.63, 3.8) is 0 Å². The maximum atomic E-state index is 12.6. The number of hydrogen-bond acceptors (Lipinski definition) is 3. The lowest BCUT2D eigenvalue weighted by Gasteiger charge is -2.14. The van der Waals surface area contributed by atoms with Gasteiger partial charge < -0.3 is 0 Å². The van der Waals surface area contributed by atoms with Gasteiger partial charge in [0.15, 0.2) is 5.78 Å². The van der Waals surface area contributed by atoms with Crippen molar-refractivity contribution in [2.75, 3.05) is 6.54 Å². The number of carbonyl (C=O) groups excluding carboxylic acids is 1. The van der Waals surface area contributed by atoms with Gasteiger partial charge in [-0.15, -0.1) is 0 Å². The van der Waals surface area contributed by atoms with Crippen LogP contribution in [-0.4, -0.2) is 17.3 Å². The first-order valence-electron chi connectivity index (χ1n) is 7.14. The van der Waals surface area contributed by atoms with E-state index >= 15 is 0 Å². The molecule has 7 heteroatoms. The number of nitro groups is 1. The minimum atomic E-state index is -0.543. The molecule has 0 saturated carbocycles. The van der Waals surface area contributed by atoms with Gasteiger partial charge in [-0.3, -0.25) is 14.9 Å². The van der Waals surface area contributed by atoms with E-state index < -0.39 is 10.8 Å². The summed E-state index contributed by atoms with van der Waals surface area (Å²) in [5, 5.41) is 11.4. The predicted octanol–water partition coefficient (Wildman–Crippen LogP) is 5.59. The number of Topliss-reactive ketones (excluding diaryl/α,β-unsaturated/α-hetero) is 1. The summed E-state index contributed by atoms with van der Waals surface area (Å²) >= 11 is 17.9. The third-order valence-corrected chi connectivity index (χ3v) is 4.98. The first-order chi connectivity index (χ1) is 11.3. The van der Waals surface area contributed by atoms with E-state index in [4.69, 9.17) is 34.8 Å². The highest BCUT2D eigenvalue weighted by Crippen LogP contribution is 2.34. The first-order valence-corrected chi connectivity index (χ1v) is 8.28. The molecule has 1 atom stereocenters. The molecule has 0 fully saturated rings. The summed E-state index contributed by atoms with van der Waals surface area (Å²) in [6, 6.07) is 10.3. The van der Waals surface area contributed by atoms with Gasteiger partial charge in [0.2, 0.25) is 6.54 Å². The molecule has 0 radical (unpaired) electrons. The Hall–Kier alpha value is -1.62. The molecular formula is C17H14Cl3NO3. The van der Waals surface area contributed by atoms with Gasteiger partial charge in [-0.1, -0.05) is 64.6 Å². The van der Waals surface area contributed by atoms with Crippen LogP contribution in [0.5, 0.6) is 0 Å². The highest BCUT2D eigenvalue weighted by molar-refractivity contribution is 6.49. The van der Waals surface area contributed by atoms with E-state index in [1.807, 2.05) is 19.1 Å². The summed E-state index contributed by atoms with van der Waals surface area (Å²) in [7, 11) is 0. The second-order valence-corrected chi connectivity index (χ2v) is 6.64. The Bertz CT molecular complexity index is 775. The summed E-state index contributed by atoms with van der Waals surface area (Å²) in [6.45, 7) is 1.58. The Kier molecular flexibility index (Phi) is 6.21. The van der Waals surface area contributed by atoms with E-state index in [1.165, 1.54) is 12.1 Å². The molecule has 0 aliphatic heterocycles. The van der Waals surface area contributed by atoms with Crippen molar-refractivity contribution in [1.29, 1.82) is 0 Å². The zero-order chi connectivity index (χ0) is 17.9. The molecular weight excluding hydrogens is 373 g/mol. The number of halogens is 3. The molecule has 0 unspecified atom stereocenters. The number of ketones is 1. The Labute approximate surface area is 154 Å². The first kappa shape index (κ1) is 18.7. The quantitative estimate of drug-likeness (QED) is 0.281. The van der Waals surface area contributed by atoms with Gasteiger partial charge in [0.25, 0.3) is 0 Å². The number of hydrogen-bond donors (Lipinski definition) is 0. The van der Waals surface area contributed by atoms with Gasteiger partial charge in [-0.25, -0.2) is 0 Å². The maximum absolute atomic E-state index is 12.6. The van der Waals surface area contributed by atoms with Crippen LogP contribution in [0.3, 0.4) is 0 Å². The fourth-order valence-corrected chi connectivity index (χ4v) is 3.02.